The van der Waals surface area contributed by atoms with Crippen LogP contribution in [0.2, 0.25) is 0 Å². The number of ether oxygens (including phenoxy) is 4. The van der Waals surface area contributed by atoms with Crippen molar-refractivity contribution >= 4 is 23.2 Å². The molecule has 0 saturated carbocycles. The Morgan fingerprint density at radius 2 is 1.97 bits per heavy atom. The molecule has 0 radical (unpaired) electrons. The van der Waals surface area contributed by atoms with E-state index in [0.717, 1.165) is 11.3 Å². The fourth-order valence-corrected chi connectivity index (χ4v) is 2.92. The van der Waals surface area contributed by atoms with Crippen molar-refractivity contribution in [1.29, 1.82) is 0 Å². The van der Waals surface area contributed by atoms with Crippen molar-refractivity contribution in [3.63, 3.8) is 0 Å². The quantitative estimate of drug-likeness (QED) is 0.433. The van der Waals surface area contributed by atoms with Crippen molar-refractivity contribution in [1.82, 2.24) is 14.8 Å². The first-order chi connectivity index (χ1) is 14.7. The van der Waals surface area contributed by atoms with Crippen LogP contribution < -0.4 is 19.5 Å². The van der Waals surface area contributed by atoms with Crippen molar-refractivity contribution in [3.8, 4) is 34.6 Å². The maximum Gasteiger partial charge on any atom is 0.336 e. The van der Waals surface area contributed by atoms with E-state index in [-0.39, 0.29) is 24.6 Å². The third-order valence-corrected chi connectivity index (χ3v) is 4.50. The number of fused-ring (bicyclic) bond motifs is 1. The number of aromatic nitrogens is 3. The van der Waals surface area contributed by atoms with Gasteiger partial charge in [-0.3, -0.25) is 4.79 Å². The van der Waals surface area contributed by atoms with Crippen molar-refractivity contribution in [3.05, 3.63) is 42.5 Å². The van der Waals surface area contributed by atoms with Crippen LogP contribution >= 0.6 is 11.6 Å². The van der Waals surface area contributed by atoms with Crippen molar-refractivity contribution in [2.75, 3.05) is 38.3 Å². The molecule has 2 aromatic carbocycles. The Labute approximate surface area is 177 Å². The van der Waals surface area contributed by atoms with E-state index >= 15 is 0 Å². The molecule has 3 aromatic rings. The highest BCUT2D eigenvalue weighted by Gasteiger charge is 2.19. The van der Waals surface area contributed by atoms with Gasteiger partial charge in [-0.2, -0.15) is 4.98 Å². The van der Waals surface area contributed by atoms with Gasteiger partial charge in [0.25, 0.3) is 0 Å². The monoisotopic (exact) mass is 430 g/mol. The van der Waals surface area contributed by atoms with Crippen LogP contribution in [-0.4, -0.2) is 53.7 Å². The summed E-state index contributed by atoms with van der Waals surface area (Å²) in [5.74, 6) is 1.50. The molecule has 1 aromatic heterocycles. The SMILES string of the molecule is COCCOc1nc(-c2ccc3c(c2)OCO3)n(-c2ccc(NC(=O)CCl)cc2)n1. The second-order valence-corrected chi connectivity index (χ2v) is 6.54. The zero-order valence-electron chi connectivity index (χ0n) is 16.1. The number of hydrogen-bond donors (Lipinski definition) is 1. The lowest BCUT2D eigenvalue weighted by Gasteiger charge is -2.08. The van der Waals surface area contributed by atoms with E-state index in [1.165, 1.54) is 0 Å². The van der Waals surface area contributed by atoms with E-state index in [1.807, 2.05) is 30.3 Å². The van der Waals surface area contributed by atoms with Gasteiger partial charge in [-0.25, -0.2) is 4.68 Å². The molecule has 0 fully saturated rings. The second-order valence-electron chi connectivity index (χ2n) is 6.27. The van der Waals surface area contributed by atoms with E-state index in [0.29, 0.717) is 36.2 Å². The molecule has 0 spiro atoms. The molecule has 0 aliphatic carbocycles. The molecule has 1 amide bonds. The van der Waals surface area contributed by atoms with Crippen molar-refractivity contribution in [2.45, 2.75) is 0 Å². The van der Waals surface area contributed by atoms with Gasteiger partial charge in [0, 0.05) is 18.4 Å². The fraction of sp³-hybridized carbons (Fsp3) is 0.250. The minimum atomic E-state index is -0.278. The van der Waals surface area contributed by atoms with Gasteiger partial charge in [-0.1, -0.05) is 0 Å². The summed E-state index contributed by atoms with van der Waals surface area (Å²) in [4.78, 5) is 16.0. The van der Waals surface area contributed by atoms with Crippen LogP contribution in [0.5, 0.6) is 17.5 Å². The third-order valence-electron chi connectivity index (χ3n) is 4.25. The van der Waals surface area contributed by atoms with Crippen LogP contribution in [0.3, 0.4) is 0 Å². The maximum absolute atomic E-state index is 11.5. The minimum Gasteiger partial charge on any atom is -0.460 e. The molecule has 0 saturated heterocycles. The van der Waals surface area contributed by atoms with Crippen molar-refractivity contribution in [2.24, 2.45) is 0 Å². The number of nitrogens with one attached hydrogen (secondary N) is 1. The van der Waals surface area contributed by atoms with Crippen LogP contribution in [0.25, 0.3) is 17.1 Å². The van der Waals surface area contributed by atoms with Gasteiger partial charge in [-0.15, -0.1) is 16.7 Å². The van der Waals surface area contributed by atoms with E-state index in [1.54, 1.807) is 23.9 Å². The highest BCUT2D eigenvalue weighted by Crippen LogP contribution is 2.36. The Morgan fingerprint density at radius 1 is 1.17 bits per heavy atom. The molecule has 30 heavy (non-hydrogen) atoms. The molecule has 2 heterocycles. The van der Waals surface area contributed by atoms with E-state index in [9.17, 15) is 4.79 Å². The molecular weight excluding hydrogens is 412 g/mol. The Balaban J connectivity index is 1.67. The lowest BCUT2D eigenvalue weighted by molar-refractivity contribution is -0.113. The molecule has 156 valence electrons. The molecule has 0 atom stereocenters. The van der Waals surface area contributed by atoms with Gasteiger partial charge in [0.05, 0.1) is 12.3 Å². The number of carbonyl (C=O) groups excluding carboxylic acids is 1. The number of benzene rings is 2. The number of anilines is 1. The predicted molar refractivity (Wildman–Crippen MR) is 110 cm³/mol. The molecule has 9 nitrogen and oxygen atoms in total. The van der Waals surface area contributed by atoms with Gasteiger partial charge in [0.15, 0.2) is 17.3 Å². The van der Waals surface area contributed by atoms with Crippen LogP contribution in [-0.2, 0) is 9.53 Å². The Kier molecular flexibility index (Phi) is 6.01. The summed E-state index contributed by atoms with van der Waals surface area (Å²) < 4.78 is 23.1. The standard InChI is InChI=1S/C20H19ClN4O5/c1-27-8-9-28-20-23-19(13-2-7-16-17(10-13)30-12-29-16)25(24-20)15-5-3-14(4-6-15)22-18(26)11-21/h2-7,10H,8-9,11-12H2,1H3,(H,22,26). The maximum atomic E-state index is 11.5. The lowest BCUT2D eigenvalue weighted by atomic mass is 10.2. The van der Waals surface area contributed by atoms with E-state index in [4.69, 9.17) is 30.5 Å². The molecule has 0 unspecified atom stereocenters. The van der Waals surface area contributed by atoms with Crippen LogP contribution in [0, 0.1) is 0 Å². The molecule has 0 bridgehead atoms. The number of nitrogens with zero attached hydrogens (tertiary/aromatic N) is 3. The van der Waals surface area contributed by atoms with Crippen molar-refractivity contribution < 1.29 is 23.7 Å². The third kappa shape index (κ3) is 4.32. The normalized spacial score (nSPS) is 12.1. The molecule has 1 N–H and O–H groups in total. The number of rotatable bonds is 8. The highest BCUT2D eigenvalue weighted by atomic mass is 35.5. The zero-order valence-corrected chi connectivity index (χ0v) is 16.9. The molecule has 1 aliphatic rings. The van der Waals surface area contributed by atoms with Crippen LogP contribution in [0.15, 0.2) is 42.5 Å². The summed E-state index contributed by atoms with van der Waals surface area (Å²) >= 11 is 5.54. The van der Waals surface area contributed by atoms with Gasteiger partial charge in [0.2, 0.25) is 12.7 Å². The first-order valence-electron chi connectivity index (χ1n) is 9.13. The first kappa shape index (κ1) is 20.0. The summed E-state index contributed by atoms with van der Waals surface area (Å²) in [5, 5.41) is 7.18. The Hall–Kier alpha value is -3.30. The largest absolute Gasteiger partial charge is 0.460 e. The van der Waals surface area contributed by atoms with Crippen LogP contribution in [0.1, 0.15) is 0 Å². The number of carbonyl (C=O) groups is 1. The van der Waals surface area contributed by atoms with Gasteiger partial charge < -0.3 is 24.3 Å². The number of amides is 1. The summed E-state index contributed by atoms with van der Waals surface area (Å²) in [6.45, 7) is 0.930. The predicted octanol–water partition coefficient (Wildman–Crippen LogP) is 2.87. The summed E-state index contributed by atoms with van der Waals surface area (Å²) in [5.41, 5.74) is 2.15. The average molecular weight is 431 g/mol. The zero-order chi connectivity index (χ0) is 20.9. The molecule has 1 aliphatic heterocycles. The van der Waals surface area contributed by atoms with E-state index < -0.39 is 0 Å². The summed E-state index contributed by atoms with van der Waals surface area (Å²) in [6, 6.07) is 12.9. The summed E-state index contributed by atoms with van der Waals surface area (Å²) in [6.07, 6.45) is 0. The highest BCUT2D eigenvalue weighted by molar-refractivity contribution is 6.29. The molecule has 10 heteroatoms. The smallest absolute Gasteiger partial charge is 0.336 e. The Bertz CT molecular complexity index is 1040. The van der Waals surface area contributed by atoms with Crippen LogP contribution in [0.4, 0.5) is 5.69 Å². The Morgan fingerprint density at radius 3 is 2.73 bits per heavy atom. The lowest BCUT2D eigenvalue weighted by Crippen LogP contribution is -2.12. The average Bonchev–Trinajstić information content (AvgIpc) is 3.41. The topological polar surface area (TPSA) is 96.7 Å². The molecular formula is C20H19ClN4O5. The summed E-state index contributed by atoms with van der Waals surface area (Å²) in [7, 11) is 1.60. The van der Waals surface area contributed by atoms with E-state index in [2.05, 4.69) is 15.4 Å². The number of hydrogen-bond acceptors (Lipinski definition) is 7. The molecule has 4 rings (SSSR count). The number of halogens is 1. The van der Waals surface area contributed by atoms with Gasteiger partial charge in [0.1, 0.15) is 12.5 Å². The van der Waals surface area contributed by atoms with Gasteiger partial charge >= 0.3 is 6.01 Å². The number of alkyl halides is 1. The minimum absolute atomic E-state index is 0.110. The fourth-order valence-electron chi connectivity index (χ4n) is 2.85. The number of methoxy groups -OCH3 is 1. The van der Waals surface area contributed by atoms with Gasteiger partial charge in [-0.05, 0) is 42.5 Å². The second kappa shape index (κ2) is 9.02. The first-order valence-corrected chi connectivity index (χ1v) is 9.66.